The molecule has 4 heteroatoms. The van der Waals surface area contributed by atoms with Crippen LogP contribution < -0.4 is 10.1 Å². The van der Waals surface area contributed by atoms with Gasteiger partial charge >= 0.3 is 0 Å². The van der Waals surface area contributed by atoms with Crippen molar-refractivity contribution in [3.05, 3.63) is 52.0 Å². The lowest BCUT2D eigenvalue weighted by atomic mass is 9.99. The highest BCUT2D eigenvalue weighted by atomic mass is 32.1. The number of benzene rings is 1. The molecule has 20 heavy (non-hydrogen) atoms. The van der Waals surface area contributed by atoms with Crippen LogP contribution in [0.3, 0.4) is 0 Å². The number of ether oxygens (including phenoxy) is 1. The van der Waals surface area contributed by atoms with Crippen molar-refractivity contribution in [1.82, 2.24) is 5.32 Å². The second-order valence-corrected chi connectivity index (χ2v) is 5.45. The maximum Gasteiger partial charge on any atom is 0.131 e. The molecule has 2 aromatic rings. The van der Waals surface area contributed by atoms with Crippen molar-refractivity contribution in [1.29, 1.82) is 0 Å². The first kappa shape index (κ1) is 15.0. The summed E-state index contributed by atoms with van der Waals surface area (Å²) in [5, 5.41) is 7.58. The van der Waals surface area contributed by atoms with Crippen molar-refractivity contribution in [3.63, 3.8) is 0 Å². The summed E-state index contributed by atoms with van der Waals surface area (Å²) in [6.07, 6.45) is 1.83. The highest BCUT2D eigenvalue weighted by Gasteiger charge is 2.15. The first-order valence-electron chi connectivity index (χ1n) is 6.82. The minimum Gasteiger partial charge on any atom is -0.497 e. The highest BCUT2D eigenvalue weighted by Crippen LogP contribution is 2.25. The highest BCUT2D eigenvalue weighted by molar-refractivity contribution is 7.07. The molecule has 0 spiro atoms. The summed E-state index contributed by atoms with van der Waals surface area (Å²) in [6, 6.07) is 7.23. The van der Waals surface area contributed by atoms with Crippen molar-refractivity contribution < 1.29 is 9.13 Å². The number of hydrogen-bond donors (Lipinski definition) is 1. The Morgan fingerprint density at radius 2 is 2.20 bits per heavy atom. The molecule has 1 aromatic heterocycles. The van der Waals surface area contributed by atoms with E-state index in [0.29, 0.717) is 11.3 Å². The molecule has 0 saturated carbocycles. The van der Waals surface area contributed by atoms with Crippen molar-refractivity contribution in [2.75, 3.05) is 13.7 Å². The third kappa shape index (κ3) is 3.81. The summed E-state index contributed by atoms with van der Waals surface area (Å²) >= 11 is 1.70. The Kier molecular flexibility index (Phi) is 5.56. The zero-order valence-corrected chi connectivity index (χ0v) is 12.7. The van der Waals surface area contributed by atoms with Crippen LogP contribution >= 0.6 is 11.3 Å². The van der Waals surface area contributed by atoms with Crippen LogP contribution in [-0.4, -0.2) is 13.7 Å². The maximum atomic E-state index is 14.2. The number of thiophene rings is 1. The monoisotopic (exact) mass is 293 g/mol. The van der Waals surface area contributed by atoms with Gasteiger partial charge in [-0.2, -0.15) is 11.3 Å². The molecule has 1 aromatic carbocycles. The van der Waals surface area contributed by atoms with Crippen LogP contribution in [0.2, 0.25) is 0 Å². The minimum atomic E-state index is -0.208. The van der Waals surface area contributed by atoms with Crippen LogP contribution in [0.5, 0.6) is 5.75 Å². The van der Waals surface area contributed by atoms with E-state index >= 15 is 0 Å². The van der Waals surface area contributed by atoms with E-state index in [1.807, 2.05) is 19.1 Å². The van der Waals surface area contributed by atoms with Gasteiger partial charge in [0.2, 0.25) is 0 Å². The Morgan fingerprint density at radius 1 is 1.35 bits per heavy atom. The van der Waals surface area contributed by atoms with E-state index in [9.17, 15) is 4.39 Å². The smallest absolute Gasteiger partial charge is 0.131 e. The van der Waals surface area contributed by atoms with E-state index in [4.69, 9.17) is 4.74 Å². The molecule has 0 bridgehead atoms. The van der Waals surface area contributed by atoms with Crippen molar-refractivity contribution in [3.8, 4) is 5.75 Å². The van der Waals surface area contributed by atoms with Gasteiger partial charge in [0.1, 0.15) is 11.6 Å². The molecule has 0 radical (unpaired) electrons. The van der Waals surface area contributed by atoms with E-state index in [2.05, 4.69) is 22.1 Å². The zero-order chi connectivity index (χ0) is 14.4. The predicted octanol–water partition coefficient (Wildman–Crippen LogP) is 4.18. The fourth-order valence-corrected chi connectivity index (χ4v) is 2.98. The Morgan fingerprint density at radius 3 is 2.80 bits per heavy atom. The van der Waals surface area contributed by atoms with Gasteiger partial charge in [0, 0.05) is 17.7 Å². The quantitative estimate of drug-likeness (QED) is 0.827. The third-order valence-electron chi connectivity index (χ3n) is 3.34. The minimum absolute atomic E-state index is 0.0332. The standard InChI is InChI=1S/C16H20FNOS/c1-3-18-16(7-4-12-8-9-20-11-12)14-6-5-13(19-2)10-15(14)17/h5-6,8-11,16,18H,3-4,7H2,1-2H3. The average Bonchev–Trinajstić information content (AvgIpc) is 2.97. The summed E-state index contributed by atoms with van der Waals surface area (Å²) in [6.45, 7) is 2.86. The SMILES string of the molecule is CCNC(CCc1ccsc1)c1ccc(OC)cc1F. The topological polar surface area (TPSA) is 21.3 Å². The average molecular weight is 293 g/mol. The number of aryl methyl sites for hydroxylation is 1. The molecule has 0 fully saturated rings. The lowest BCUT2D eigenvalue weighted by Crippen LogP contribution is -2.22. The van der Waals surface area contributed by atoms with Crippen LogP contribution in [0, 0.1) is 5.82 Å². The van der Waals surface area contributed by atoms with Crippen LogP contribution in [0.15, 0.2) is 35.0 Å². The van der Waals surface area contributed by atoms with Gasteiger partial charge in [-0.3, -0.25) is 0 Å². The molecule has 2 nitrogen and oxygen atoms in total. The molecule has 0 aliphatic carbocycles. The summed E-state index contributed by atoms with van der Waals surface area (Å²) in [4.78, 5) is 0. The number of methoxy groups -OCH3 is 1. The van der Waals surface area contributed by atoms with Crippen molar-refractivity contribution in [2.45, 2.75) is 25.8 Å². The van der Waals surface area contributed by atoms with E-state index in [0.717, 1.165) is 19.4 Å². The Labute approximate surface area is 123 Å². The number of halogens is 1. The zero-order valence-electron chi connectivity index (χ0n) is 11.9. The summed E-state index contributed by atoms with van der Waals surface area (Å²) in [7, 11) is 1.55. The number of rotatable bonds is 7. The van der Waals surface area contributed by atoms with Gasteiger partial charge in [-0.25, -0.2) is 4.39 Å². The van der Waals surface area contributed by atoms with E-state index in [-0.39, 0.29) is 11.9 Å². The summed E-state index contributed by atoms with van der Waals surface area (Å²) in [5.41, 5.74) is 2.02. The lowest BCUT2D eigenvalue weighted by Gasteiger charge is -2.19. The largest absolute Gasteiger partial charge is 0.497 e. The summed E-state index contributed by atoms with van der Waals surface area (Å²) < 4.78 is 19.2. The molecule has 0 saturated heterocycles. The van der Waals surface area contributed by atoms with E-state index < -0.39 is 0 Å². The normalized spacial score (nSPS) is 12.3. The van der Waals surface area contributed by atoms with Gasteiger partial charge in [-0.05, 0) is 47.8 Å². The van der Waals surface area contributed by atoms with E-state index in [1.165, 1.54) is 11.6 Å². The molecule has 2 rings (SSSR count). The fraction of sp³-hybridized carbons (Fsp3) is 0.375. The van der Waals surface area contributed by atoms with E-state index in [1.54, 1.807) is 18.4 Å². The van der Waals surface area contributed by atoms with Gasteiger partial charge in [0.15, 0.2) is 0 Å². The van der Waals surface area contributed by atoms with Gasteiger partial charge < -0.3 is 10.1 Å². The molecule has 1 N–H and O–H groups in total. The molecule has 1 atom stereocenters. The Bertz CT molecular complexity index is 527. The van der Waals surface area contributed by atoms with Gasteiger partial charge in [0.25, 0.3) is 0 Å². The molecule has 1 heterocycles. The number of hydrogen-bond acceptors (Lipinski definition) is 3. The molecule has 1 unspecified atom stereocenters. The van der Waals surface area contributed by atoms with Crippen LogP contribution in [0.1, 0.15) is 30.5 Å². The van der Waals surface area contributed by atoms with Crippen LogP contribution in [-0.2, 0) is 6.42 Å². The summed E-state index contributed by atoms with van der Waals surface area (Å²) in [5.74, 6) is 0.347. The van der Waals surface area contributed by atoms with Crippen LogP contribution in [0.4, 0.5) is 4.39 Å². The van der Waals surface area contributed by atoms with Crippen LogP contribution in [0.25, 0.3) is 0 Å². The number of nitrogens with one attached hydrogen (secondary N) is 1. The molecule has 0 aliphatic heterocycles. The van der Waals surface area contributed by atoms with Gasteiger partial charge in [-0.1, -0.05) is 13.0 Å². The maximum absolute atomic E-state index is 14.2. The lowest BCUT2D eigenvalue weighted by molar-refractivity contribution is 0.408. The van der Waals surface area contributed by atoms with Crippen molar-refractivity contribution in [2.24, 2.45) is 0 Å². The van der Waals surface area contributed by atoms with Gasteiger partial charge in [0.05, 0.1) is 7.11 Å². The fourth-order valence-electron chi connectivity index (χ4n) is 2.28. The van der Waals surface area contributed by atoms with Gasteiger partial charge in [-0.15, -0.1) is 0 Å². The molecule has 108 valence electrons. The first-order chi connectivity index (χ1) is 9.74. The first-order valence-corrected chi connectivity index (χ1v) is 7.76. The Hall–Kier alpha value is -1.39. The van der Waals surface area contributed by atoms with Crippen molar-refractivity contribution >= 4 is 11.3 Å². The molecule has 0 amide bonds. The predicted molar refractivity (Wildman–Crippen MR) is 82.0 cm³/mol. The third-order valence-corrected chi connectivity index (χ3v) is 4.07. The second-order valence-electron chi connectivity index (χ2n) is 4.67. The molecule has 0 aliphatic rings. The second kappa shape index (κ2) is 7.41. The molecular weight excluding hydrogens is 273 g/mol. The molecular formula is C16H20FNOS. The Balaban J connectivity index is 2.11.